The SMILES string of the molecule is [O]C(CCl)OCCCl. The van der Waals surface area contributed by atoms with Crippen molar-refractivity contribution in [2.45, 2.75) is 6.29 Å². The van der Waals surface area contributed by atoms with E-state index in [0.717, 1.165) is 0 Å². The van der Waals surface area contributed by atoms with Gasteiger partial charge in [-0.3, -0.25) is 0 Å². The van der Waals surface area contributed by atoms with Gasteiger partial charge in [-0.15, -0.1) is 23.2 Å². The van der Waals surface area contributed by atoms with Gasteiger partial charge in [-0.1, -0.05) is 0 Å². The molecule has 49 valence electrons. The van der Waals surface area contributed by atoms with Crippen LogP contribution in [0, 0.1) is 0 Å². The standard InChI is InChI=1S/C4H7Cl2O2/c5-1-2-8-4(7)3-6/h4H,1-3H2. The second-order valence-corrected chi connectivity index (χ2v) is 1.83. The van der Waals surface area contributed by atoms with Gasteiger partial charge in [0.15, 0.2) is 0 Å². The van der Waals surface area contributed by atoms with Gasteiger partial charge in [0, 0.05) is 5.88 Å². The van der Waals surface area contributed by atoms with Gasteiger partial charge in [0.2, 0.25) is 6.29 Å². The predicted molar refractivity (Wildman–Crippen MR) is 31.9 cm³/mol. The molecule has 0 aliphatic heterocycles. The van der Waals surface area contributed by atoms with Crippen LogP contribution in [-0.4, -0.2) is 24.7 Å². The molecule has 0 aromatic carbocycles. The summed E-state index contributed by atoms with van der Waals surface area (Å²) in [4.78, 5) is 0. The molecule has 0 rings (SSSR count). The quantitative estimate of drug-likeness (QED) is 0.447. The van der Waals surface area contributed by atoms with Crippen molar-refractivity contribution in [1.82, 2.24) is 0 Å². The molecule has 0 heterocycles. The lowest BCUT2D eigenvalue weighted by Gasteiger charge is -2.02. The minimum Gasteiger partial charge on any atom is -0.347 e. The number of halogens is 2. The van der Waals surface area contributed by atoms with Crippen LogP contribution in [0.25, 0.3) is 0 Å². The molecule has 0 aliphatic rings. The highest BCUT2D eigenvalue weighted by atomic mass is 35.5. The normalized spacial score (nSPS) is 13.9. The van der Waals surface area contributed by atoms with Gasteiger partial charge in [-0.2, -0.15) is 0 Å². The fraction of sp³-hybridized carbons (Fsp3) is 1.00. The summed E-state index contributed by atoms with van der Waals surface area (Å²) in [6, 6.07) is 0. The number of alkyl halides is 2. The molecule has 8 heavy (non-hydrogen) atoms. The Morgan fingerprint density at radius 2 is 2.12 bits per heavy atom. The van der Waals surface area contributed by atoms with E-state index in [9.17, 15) is 5.11 Å². The second-order valence-electron chi connectivity index (χ2n) is 1.14. The van der Waals surface area contributed by atoms with Gasteiger partial charge >= 0.3 is 0 Å². The van der Waals surface area contributed by atoms with E-state index in [1.54, 1.807) is 0 Å². The average molecular weight is 158 g/mol. The highest BCUT2D eigenvalue weighted by Crippen LogP contribution is 1.90. The molecule has 2 nitrogen and oxygen atoms in total. The van der Waals surface area contributed by atoms with Gasteiger partial charge in [-0.05, 0) is 0 Å². The zero-order valence-electron chi connectivity index (χ0n) is 4.27. The van der Waals surface area contributed by atoms with Crippen LogP contribution in [-0.2, 0) is 9.84 Å². The lowest BCUT2D eigenvalue weighted by atomic mass is 10.7. The first kappa shape index (κ1) is 8.50. The molecule has 0 aliphatic carbocycles. The van der Waals surface area contributed by atoms with Crippen molar-refractivity contribution >= 4 is 23.2 Å². The van der Waals surface area contributed by atoms with Crippen molar-refractivity contribution in [3.05, 3.63) is 0 Å². The van der Waals surface area contributed by atoms with Crippen LogP contribution in [0.15, 0.2) is 0 Å². The molecule has 0 fully saturated rings. The third-order valence-electron chi connectivity index (χ3n) is 0.507. The van der Waals surface area contributed by atoms with Crippen molar-refractivity contribution in [2.75, 3.05) is 18.4 Å². The first-order valence-electron chi connectivity index (χ1n) is 2.20. The minimum atomic E-state index is -1.12. The summed E-state index contributed by atoms with van der Waals surface area (Å²) < 4.78 is 4.52. The summed E-state index contributed by atoms with van der Waals surface area (Å²) in [6.45, 7) is 0.280. The molecule has 0 amide bonds. The van der Waals surface area contributed by atoms with E-state index in [-0.39, 0.29) is 12.5 Å². The van der Waals surface area contributed by atoms with Gasteiger partial charge < -0.3 is 4.74 Å². The van der Waals surface area contributed by atoms with Gasteiger partial charge in [0.05, 0.1) is 12.5 Å². The van der Waals surface area contributed by atoms with E-state index in [2.05, 4.69) is 4.74 Å². The first-order chi connectivity index (χ1) is 3.81. The van der Waals surface area contributed by atoms with Crippen molar-refractivity contribution in [2.24, 2.45) is 0 Å². The molecule has 1 atom stereocenters. The first-order valence-corrected chi connectivity index (χ1v) is 3.27. The smallest absolute Gasteiger partial charge is 0.205 e. The van der Waals surface area contributed by atoms with Crippen LogP contribution in [0.1, 0.15) is 0 Å². The largest absolute Gasteiger partial charge is 0.347 e. The Morgan fingerprint density at radius 3 is 2.50 bits per heavy atom. The number of ether oxygens (including phenoxy) is 1. The van der Waals surface area contributed by atoms with Crippen LogP contribution >= 0.6 is 23.2 Å². The summed E-state index contributed by atoms with van der Waals surface area (Å²) in [5.74, 6) is 0.326. The van der Waals surface area contributed by atoms with Crippen LogP contribution in [0.4, 0.5) is 0 Å². The highest BCUT2D eigenvalue weighted by molar-refractivity contribution is 6.18. The molecular formula is C4H7Cl2O2. The molecule has 0 saturated carbocycles. The van der Waals surface area contributed by atoms with Crippen molar-refractivity contribution in [3.63, 3.8) is 0 Å². The average Bonchev–Trinajstić information content (AvgIpc) is 1.83. The summed E-state index contributed by atoms with van der Waals surface area (Å²) >= 11 is 10.3. The number of rotatable bonds is 4. The minimum absolute atomic E-state index is 0.0170. The second kappa shape index (κ2) is 5.63. The Morgan fingerprint density at radius 1 is 1.50 bits per heavy atom. The molecule has 0 N–H and O–H groups in total. The van der Waals surface area contributed by atoms with Crippen LogP contribution in [0.3, 0.4) is 0 Å². The maximum Gasteiger partial charge on any atom is 0.205 e. The van der Waals surface area contributed by atoms with E-state index < -0.39 is 6.29 Å². The lowest BCUT2D eigenvalue weighted by molar-refractivity contribution is -0.119. The Kier molecular flexibility index (Phi) is 5.99. The Labute approximate surface area is 58.3 Å². The number of hydrogen-bond donors (Lipinski definition) is 0. The van der Waals surface area contributed by atoms with Gasteiger partial charge in [0.25, 0.3) is 0 Å². The molecular weight excluding hydrogens is 151 g/mol. The fourth-order valence-corrected chi connectivity index (χ4v) is 0.399. The molecule has 0 bridgehead atoms. The molecule has 1 radical (unpaired) electrons. The van der Waals surface area contributed by atoms with E-state index in [4.69, 9.17) is 23.2 Å². The van der Waals surface area contributed by atoms with E-state index in [0.29, 0.717) is 5.88 Å². The summed E-state index contributed by atoms with van der Waals surface area (Å²) in [5.41, 5.74) is 0. The molecule has 0 saturated heterocycles. The van der Waals surface area contributed by atoms with Crippen LogP contribution in [0.2, 0.25) is 0 Å². The van der Waals surface area contributed by atoms with Crippen molar-refractivity contribution in [1.29, 1.82) is 0 Å². The monoisotopic (exact) mass is 157 g/mol. The zero-order chi connectivity index (χ0) is 6.41. The maximum atomic E-state index is 10.2. The van der Waals surface area contributed by atoms with Crippen molar-refractivity contribution in [3.8, 4) is 0 Å². The Hall–Kier alpha value is 0.500. The Balaban J connectivity index is 2.86. The van der Waals surface area contributed by atoms with Crippen molar-refractivity contribution < 1.29 is 9.84 Å². The molecule has 0 aromatic heterocycles. The number of hydrogen-bond acceptors (Lipinski definition) is 1. The summed E-state index contributed by atoms with van der Waals surface area (Å²) in [7, 11) is 0. The highest BCUT2D eigenvalue weighted by Gasteiger charge is 2.00. The van der Waals surface area contributed by atoms with E-state index in [1.165, 1.54) is 0 Å². The predicted octanol–water partition coefficient (Wildman–Crippen LogP) is 1.24. The zero-order valence-corrected chi connectivity index (χ0v) is 5.78. The van der Waals surface area contributed by atoms with E-state index >= 15 is 0 Å². The molecule has 0 spiro atoms. The van der Waals surface area contributed by atoms with Gasteiger partial charge in [-0.25, -0.2) is 5.11 Å². The maximum absolute atomic E-state index is 10.2. The Bertz CT molecular complexity index is 51.3. The summed E-state index contributed by atoms with van der Waals surface area (Å²) in [6.07, 6.45) is -1.12. The van der Waals surface area contributed by atoms with E-state index in [1.807, 2.05) is 0 Å². The fourth-order valence-electron chi connectivity index (χ4n) is 0.221. The molecule has 1 unspecified atom stereocenters. The molecule has 0 aromatic rings. The van der Waals surface area contributed by atoms with Crippen LogP contribution < -0.4 is 0 Å². The summed E-state index contributed by atoms with van der Waals surface area (Å²) in [5, 5.41) is 10.2. The third-order valence-corrected chi connectivity index (χ3v) is 0.913. The third kappa shape index (κ3) is 4.65. The van der Waals surface area contributed by atoms with Crippen LogP contribution in [0.5, 0.6) is 0 Å². The van der Waals surface area contributed by atoms with Gasteiger partial charge in [0.1, 0.15) is 0 Å². The lowest BCUT2D eigenvalue weighted by Crippen LogP contribution is -2.12. The topological polar surface area (TPSA) is 29.1 Å². The molecule has 4 heteroatoms.